The summed E-state index contributed by atoms with van der Waals surface area (Å²) in [5.41, 5.74) is 1.15. The quantitative estimate of drug-likeness (QED) is 0.700. The van der Waals surface area contributed by atoms with Crippen LogP contribution in [0.3, 0.4) is 0 Å². The Balaban J connectivity index is 2.02. The molecule has 144 valence electrons. The maximum Gasteiger partial charge on any atom is 0.225 e. The van der Waals surface area contributed by atoms with Crippen LogP contribution in [0.5, 0.6) is 0 Å². The zero-order valence-electron chi connectivity index (χ0n) is 15.1. The number of rotatable bonds is 8. The van der Waals surface area contributed by atoms with E-state index in [1.165, 1.54) is 25.1 Å². The van der Waals surface area contributed by atoms with Crippen LogP contribution < -0.4 is 5.32 Å². The fourth-order valence-corrected chi connectivity index (χ4v) is 3.24. The lowest BCUT2D eigenvalue weighted by atomic mass is 10.1. The minimum Gasteiger partial charge on any atom is -0.326 e. The van der Waals surface area contributed by atoms with Gasteiger partial charge in [0.1, 0.15) is 5.82 Å². The predicted octanol–water partition coefficient (Wildman–Crippen LogP) is 2.82. The number of carbonyl (C=O) groups is 2. The third kappa shape index (κ3) is 6.26. The molecule has 0 fully saturated rings. The van der Waals surface area contributed by atoms with Crippen LogP contribution in [-0.2, 0) is 21.4 Å². The van der Waals surface area contributed by atoms with Crippen molar-refractivity contribution in [3.05, 3.63) is 65.5 Å². The molecule has 0 aliphatic carbocycles. The SMILES string of the molecule is CC(=O)c1cccc(NC(=O)CCN(Cc2ccccc2F)S(C)(=O)=O)c1. The molecule has 6 nitrogen and oxygen atoms in total. The molecule has 2 aromatic rings. The Morgan fingerprint density at radius 2 is 1.81 bits per heavy atom. The second kappa shape index (κ2) is 8.88. The molecule has 1 N–H and O–H groups in total. The van der Waals surface area contributed by atoms with Crippen LogP contribution in [0.15, 0.2) is 48.5 Å². The third-order valence-corrected chi connectivity index (χ3v) is 5.16. The topological polar surface area (TPSA) is 83.6 Å². The van der Waals surface area contributed by atoms with Crippen molar-refractivity contribution < 1.29 is 22.4 Å². The third-order valence-electron chi connectivity index (χ3n) is 3.91. The standard InChI is InChI=1S/C19H21FN2O4S/c1-14(23)15-7-5-8-17(12-15)21-19(24)10-11-22(27(2,25)26)13-16-6-3-4-9-18(16)20/h3-9,12H,10-11,13H2,1-2H3,(H,21,24). The summed E-state index contributed by atoms with van der Waals surface area (Å²) < 4.78 is 38.8. The molecular weight excluding hydrogens is 371 g/mol. The van der Waals surface area contributed by atoms with Crippen LogP contribution in [0.25, 0.3) is 0 Å². The Kier molecular flexibility index (Phi) is 6.81. The Labute approximate surface area is 158 Å². The number of hydrogen-bond donors (Lipinski definition) is 1. The van der Waals surface area contributed by atoms with Gasteiger partial charge in [-0.25, -0.2) is 12.8 Å². The van der Waals surface area contributed by atoms with E-state index in [2.05, 4.69) is 5.32 Å². The van der Waals surface area contributed by atoms with Crippen LogP contribution in [0.2, 0.25) is 0 Å². The highest BCUT2D eigenvalue weighted by molar-refractivity contribution is 7.88. The normalized spacial score (nSPS) is 11.4. The zero-order valence-corrected chi connectivity index (χ0v) is 15.9. The molecule has 0 unspecified atom stereocenters. The fraction of sp³-hybridized carbons (Fsp3) is 0.263. The first-order valence-corrected chi connectivity index (χ1v) is 10.1. The second-order valence-electron chi connectivity index (χ2n) is 6.12. The number of amides is 1. The van der Waals surface area contributed by atoms with Crippen molar-refractivity contribution in [2.75, 3.05) is 18.1 Å². The maximum absolute atomic E-state index is 13.8. The average molecular weight is 392 g/mol. The van der Waals surface area contributed by atoms with Crippen LogP contribution in [0.1, 0.15) is 29.3 Å². The van der Waals surface area contributed by atoms with Crippen molar-refractivity contribution in [2.45, 2.75) is 19.9 Å². The lowest BCUT2D eigenvalue weighted by Crippen LogP contribution is -2.33. The second-order valence-corrected chi connectivity index (χ2v) is 8.11. The molecule has 0 atom stereocenters. The summed E-state index contributed by atoms with van der Waals surface area (Å²) in [6, 6.07) is 12.4. The molecule has 0 radical (unpaired) electrons. The number of ketones is 1. The smallest absolute Gasteiger partial charge is 0.225 e. The molecule has 2 rings (SSSR count). The van der Waals surface area contributed by atoms with Gasteiger partial charge in [-0.05, 0) is 25.1 Å². The number of nitrogens with zero attached hydrogens (tertiary/aromatic N) is 1. The van der Waals surface area contributed by atoms with E-state index >= 15 is 0 Å². The molecule has 0 aliphatic rings. The fourth-order valence-electron chi connectivity index (χ4n) is 2.44. The van der Waals surface area contributed by atoms with Crippen molar-refractivity contribution in [1.29, 1.82) is 0 Å². The monoisotopic (exact) mass is 392 g/mol. The number of benzene rings is 2. The lowest BCUT2D eigenvalue weighted by molar-refractivity contribution is -0.116. The van der Waals surface area contributed by atoms with Gasteiger partial charge < -0.3 is 5.32 Å². The van der Waals surface area contributed by atoms with E-state index in [-0.39, 0.29) is 30.9 Å². The van der Waals surface area contributed by atoms with Crippen LogP contribution in [-0.4, -0.2) is 37.2 Å². The molecule has 1 amide bonds. The van der Waals surface area contributed by atoms with Gasteiger partial charge in [0, 0.05) is 36.3 Å². The number of Topliss-reactive ketones (excluding diaryl/α,β-unsaturated/α-hetero) is 1. The number of halogens is 1. The summed E-state index contributed by atoms with van der Waals surface area (Å²) in [6.07, 6.45) is 0.911. The molecule has 0 saturated heterocycles. The van der Waals surface area contributed by atoms with E-state index in [1.54, 1.807) is 30.3 Å². The highest BCUT2D eigenvalue weighted by Crippen LogP contribution is 2.14. The molecular formula is C19H21FN2O4S. The first-order chi connectivity index (χ1) is 12.7. The summed E-state index contributed by atoms with van der Waals surface area (Å²) in [7, 11) is -3.62. The van der Waals surface area contributed by atoms with E-state index in [1.807, 2.05) is 0 Å². The van der Waals surface area contributed by atoms with Crippen LogP contribution in [0.4, 0.5) is 10.1 Å². The summed E-state index contributed by atoms with van der Waals surface area (Å²) in [5.74, 6) is -1.03. The minimum absolute atomic E-state index is 0.0919. The Morgan fingerprint density at radius 1 is 1.11 bits per heavy atom. The predicted molar refractivity (Wildman–Crippen MR) is 101 cm³/mol. The van der Waals surface area contributed by atoms with Crippen molar-refractivity contribution in [1.82, 2.24) is 4.31 Å². The molecule has 0 bridgehead atoms. The van der Waals surface area contributed by atoms with E-state index in [0.29, 0.717) is 11.3 Å². The minimum atomic E-state index is -3.62. The molecule has 27 heavy (non-hydrogen) atoms. The number of nitrogens with one attached hydrogen (secondary N) is 1. The number of anilines is 1. The highest BCUT2D eigenvalue weighted by atomic mass is 32.2. The van der Waals surface area contributed by atoms with Gasteiger partial charge in [0.2, 0.25) is 15.9 Å². The Bertz CT molecular complexity index is 944. The van der Waals surface area contributed by atoms with Crippen molar-refractivity contribution in [3.63, 3.8) is 0 Å². The summed E-state index contributed by atoms with van der Waals surface area (Å²) in [5, 5.41) is 2.63. The van der Waals surface area contributed by atoms with Crippen LogP contribution in [0, 0.1) is 5.82 Å². The molecule has 0 spiro atoms. The molecule has 0 heterocycles. The summed E-state index contributed by atoms with van der Waals surface area (Å²) in [4.78, 5) is 23.5. The van der Waals surface area contributed by atoms with Gasteiger partial charge in [-0.3, -0.25) is 9.59 Å². The number of sulfonamides is 1. The Morgan fingerprint density at radius 3 is 2.44 bits per heavy atom. The first kappa shape index (κ1) is 20.7. The lowest BCUT2D eigenvalue weighted by Gasteiger charge is -2.20. The van der Waals surface area contributed by atoms with E-state index in [0.717, 1.165) is 10.6 Å². The largest absolute Gasteiger partial charge is 0.326 e. The number of hydrogen-bond acceptors (Lipinski definition) is 4. The zero-order chi connectivity index (χ0) is 20.0. The van der Waals surface area contributed by atoms with Gasteiger partial charge in [0.15, 0.2) is 5.78 Å². The molecule has 2 aromatic carbocycles. The van der Waals surface area contributed by atoms with Gasteiger partial charge in [0.25, 0.3) is 0 Å². The molecule has 8 heteroatoms. The van der Waals surface area contributed by atoms with E-state index in [9.17, 15) is 22.4 Å². The van der Waals surface area contributed by atoms with E-state index in [4.69, 9.17) is 0 Å². The van der Waals surface area contributed by atoms with Crippen LogP contribution >= 0.6 is 0 Å². The van der Waals surface area contributed by atoms with Crippen molar-refractivity contribution >= 4 is 27.4 Å². The van der Waals surface area contributed by atoms with Gasteiger partial charge >= 0.3 is 0 Å². The van der Waals surface area contributed by atoms with Gasteiger partial charge in [0.05, 0.1) is 6.26 Å². The highest BCUT2D eigenvalue weighted by Gasteiger charge is 2.19. The van der Waals surface area contributed by atoms with E-state index < -0.39 is 21.7 Å². The summed E-state index contributed by atoms with van der Waals surface area (Å²) in [6.45, 7) is 1.18. The van der Waals surface area contributed by atoms with Crippen molar-refractivity contribution in [2.24, 2.45) is 0 Å². The van der Waals surface area contributed by atoms with Crippen molar-refractivity contribution in [3.8, 4) is 0 Å². The molecule has 0 saturated carbocycles. The first-order valence-electron chi connectivity index (χ1n) is 8.26. The molecule has 0 aromatic heterocycles. The average Bonchev–Trinajstić information content (AvgIpc) is 2.59. The maximum atomic E-state index is 13.8. The number of carbonyl (C=O) groups excluding carboxylic acids is 2. The Hall–Kier alpha value is -2.58. The molecule has 0 aliphatic heterocycles. The van der Waals surface area contributed by atoms with Gasteiger partial charge in [-0.1, -0.05) is 30.3 Å². The van der Waals surface area contributed by atoms with Gasteiger partial charge in [-0.15, -0.1) is 0 Å². The summed E-state index contributed by atoms with van der Waals surface area (Å²) >= 11 is 0. The van der Waals surface area contributed by atoms with Gasteiger partial charge in [-0.2, -0.15) is 4.31 Å².